The zero-order valence-corrected chi connectivity index (χ0v) is 18.4. The Morgan fingerprint density at radius 1 is 0.938 bits per heavy atom. The standard InChI is InChI=1S/C26H27N5O/c1-20-6-2-3-7-23(20)19-29-14-16-30(17-15-29)26(32)22-12-10-21(11-13-22)18-31-25-9-5-4-8-24(25)27-28-31/h2-13H,14-19H2,1H3/p+1. The summed E-state index contributed by atoms with van der Waals surface area (Å²) >= 11 is 0. The Labute approximate surface area is 188 Å². The molecule has 1 amide bonds. The van der Waals surface area contributed by atoms with Gasteiger partial charge in [0.1, 0.15) is 12.1 Å². The second-order valence-electron chi connectivity index (χ2n) is 8.58. The maximum absolute atomic E-state index is 13.0. The number of hydrogen-bond acceptors (Lipinski definition) is 3. The van der Waals surface area contributed by atoms with Crippen molar-refractivity contribution in [3.63, 3.8) is 0 Å². The van der Waals surface area contributed by atoms with E-state index in [4.69, 9.17) is 0 Å². The van der Waals surface area contributed by atoms with Crippen LogP contribution in [0.3, 0.4) is 0 Å². The van der Waals surface area contributed by atoms with Gasteiger partial charge in [-0.2, -0.15) is 0 Å². The molecule has 0 saturated carbocycles. The highest BCUT2D eigenvalue weighted by molar-refractivity contribution is 5.94. The van der Waals surface area contributed by atoms with Crippen LogP contribution < -0.4 is 4.90 Å². The molecule has 5 rings (SSSR count). The van der Waals surface area contributed by atoms with Crippen molar-refractivity contribution >= 4 is 16.9 Å². The van der Waals surface area contributed by atoms with E-state index in [0.717, 1.165) is 54.9 Å². The van der Waals surface area contributed by atoms with Gasteiger partial charge in [0.2, 0.25) is 0 Å². The number of rotatable bonds is 5. The quantitative estimate of drug-likeness (QED) is 0.533. The Morgan fingerprint density at radius 3 is 2.44 bits per heavy atom. The Morgan fingerprint density at radius 2 is 1.66 bits per heavy atom. The number of quaternary nitrogens is 1. The third kappa shape index (κ3) is 4.27. The Kier molecular flexibility index (Phi) is 5.69. The summed E-state index contributed by atoms with van der Waals surface area (Å²) < 4.78 is 1.89. The van der Waals surface area contributed by atoms with Gasteiger partial charge in [-0.05, 0) is 42.3 Å². The normalized spacial score (nSPS) is 14.7. The minimum atomic E-state index is 0.123. The van der Waals surface area contributed by atoms with Crippen LogP contribution in [-0.2, 0) is 13.1 Å². The summed E-state index contributed by atoms with van der Waals surface area (Å²) in [5, 5.41) is 8.46. The van der Waals surface area contributed by atoms with E-state index in [1.165, 1.54) is 11.1 Å². The summed E-state index contributed by atoms with van der Waals surface area (Å²) in [5.41, 5.74) is 6.50. The summed E-state index contributed by atoms with van der Waals surface area (Å²) in [6.45, 7) is 7.40. The monoisotopic (exact) mass is 426 g/mol. The van der Waals surface area contributed by atoms with Crippen molar-refractivity contribution < 1.29 is 9.69 Å². The molecule has 0 atom stereocenters. The molecule has 0 radical (unpaired) electrons. The number of aromatic nitrogens is 3. The SMILES string of the molecule is Cc1ccccc1C[NH+]1CCN(C(=O)c2ccc(Cn3nnc4ccccc43)cc2)CC1. The number of carbonyl (C=O) groups is 1. The fourth-order valence-electron chi connectivity index (χ4n) is 4.42. The van der Waals surface area contributed by atoms with E-state index in [2.05, 4.69) is 41.5 Å². The van der Waals surface area contributed by atoms with E-state index < -0.39 is 0 Å². The number of nitrogens with one attached hydrogen (secondary N) is 1. The van der Waals surface area contributed by atoms with Crippen LogP contribution in [-0.4, -0.2) is 52.0 Å². The lowest BCUT2D eigenvalue weighted by molar-refractivity contribution is -0.917. The molecule has 3 aromatic carbocycles. The molecule has 0 spiro atoms. The van der Waals surface area contributed by atoms with Gasteiger partial charge in [0.25, 0.3) is 5.91 Å². The lowest BCUT2D eigenvalue weighted by Gasteiger charge is -2.32. The van der Waals surface area contributed by atoms with Crippen LogP contribution in [0.15, 0.2) is 72.8 Å². The van der Waals surface area contributed by atoms with Crippen LogP contribution in [0.1, 0.15) is 27.0 Å². The van der Waals surface area contributed by atoms with Crippen molar-refractivity contribution in [2.45, 2.75) is 20.0 Å². The van der Waals surface area contributed by atoms with E-state index in [1.54, 1.807) is 4.90 Å². The molecule has 1 aliphatic heterocycles. The Hall–Kier alpha value is -3.51. The summed E-state index contributed by atoms with van der Waals surface area (Å²) in [5.74, 6) is 0.123. The van der Waals surface area contributed by atoms with Crippen LogP contribution in [0.2, 0.25) is 0 Å². The Bertz CT molecular complexity index is 1220. The average Bonchev–Trinajstić information content (AvgIpc) is 3.24. The summed E-state index contributed by atoms with van der Waals surface area (Å²) in [6.07, 6.45) is 0. The van der Waals surface area contributed by atoms with Crippen LogP contribution in [0.25, 0.3) is 11.0 Å². The van der Waals surface area contributed by atoms with Crippen LogP contribution >= 0.6 is 0 Å². The van der Waals surface area contributed by atoms with Gasteiger partial charge < -0.3 is 9.80 Å². The van der Waals surface area contributed by atoms with Gasteiger partial charge in [-0.15, -0.1) is 5.10 Å². The molecule has 0 aliphatic carbocycles. The molecule has 2 heterocycles. The van der Waals surface area contributed by atoms with Crippen molar-refractivity contribution in [1.29, 1.82) is 0 Å². The number of carbonyl (C=O) groups excluding carboxylic acids is 1. The number of aryl methyl sites for hydroxylation is 1. The van der Waals surface area contributed by atoms with Gasteiger partial charge in [0, 0.05) is 11.1 Å². The van der Waals surface area contributed by atoms with E-state index in [-0.39, 0.29) is 5.91 Å². The van der Waals surface area contributed by atoms with Gasteiger partial charge >= 0.3 is 0 Å². The maximum Gasteiger partial charge on any atom is 0.254 e. The molecule has 162 valence electrons. The third-order valence-corrected chi connectivity index (χ3v) is 6.41. The van der Waals surface area contributed by atoms with Gasteiger partial charge in [0.15, 0.2) is 0 Å². The van der Waals surface area contributed by atoms with E-state index in [0.29, 0.717) is 6.54 Å². The molecule has 6 nitrogen and oxygen atoms in total. The van der Waals surface area contributed by atoms with E-state index in [9.17, 15) is 4.79 Å². The molecule has 1 saturated heterocycles. The first-order chi connectivity index (χ1) is 15.7. The van der Waals surface area contributed by atoms with E-state index in [1.807, 2.05) is 58.1 Å². The first-order valence-electron chi connectivity index (χ1n) is 11.2. The molecular weight excluding hydrogens is 398 g/mol. The van der Waals surface area contributed by atoms with Crippen LogP contribution in [0.5, 0.6) is 0 Å². The van der Waals surface area contributed by atoms with Crippen molar-refractivity contribution in [3.05, 3.63) is 95.1 Å². The Balaban J connectivity index is 1.19. The second kappa shape index (κ2) is 8.93. The lowest BCUT2D eigenvalue weighted by Crippen LogP contribution is -3.13. The van der Waals surface area contributed by atoms with E-state index >= 15 is 0 Å². The maximum atomic E-state index is 13.0. The van der Waals surface area contributed by atoms with Gasteiger partial charge in [-0.3, -0.25) is 4.79 Å². The van der Waals surface area contributed by atoms with Crippen LogP contribution in [0.4, 0.5) is 0 Å². The number of piperazine rings is 1. The van der Waals surface area contributed by atoms with Crippen molar-refractivity contribution in [2.24, 2.45) is 0 Å². The largest absolute Gasteiger partial charge is 0.328 e. The summed E-state index contributed by atoms with van der Waals surface area (Å²) in [7, 11) is 0. The number of amides is 1. The number of hydrogen-bond donors (Lipinski definition) is 1. The molecule has 0 unspecified atom stereocenters. The molecular formula is C26H28N5O+. The fraction of sp³-hybridized carbons (Fsp3) is 0.269. The average molecular weight is 427 g/mol. The second-order valence-corrected chi connectivity index (χ2v) is 8.58. The first kappa shape index (κ1) is 20.4. The molecule has 0 bridgehead atoms. The smallest absolute Gasteiger partial charge is 0.254 e. The molecule has 1 fully saturated rings. The molecule has 6 heteroatoms. The highest BCUT2D eigenvalue weighted by Crippen LogP contribution is 2.14. The number of fused-ring (bicyclic) bond motifs is 1. The van der Waals surface area contributed by atoms with Crippen molar-refractivity contribution in [1.82, 2.24) is 19.9 Å². The predicted molar refractivity (Wildman–Crippen MR) is 125 cm³/mol. The third-order valence-electron chi connectivity index (χ3n) is 6.41. The highest BCUT2D eigenvalue weighted by atomic mass is 16.2. The van der Waals surface area contributed by atoms with Crippen molar-refractivity contribution in [3.8, 4) is 0 Å². The number of benzene rings is 3. The molecule has 32 heavy (non-hydrogen) atoms. The topological polar surface area (TPSA) is 55.5 Å². The summed E-state index contributed by atoms with van der Waals surface area (Å²) in [6, 6.07) is 24.4. The molecule has 4 aromatic rings. The number of nitrogens with zero attached hydrogens (tertiary/aromatic N) is 4. The molecule has 1 aliphatic rings. The molecule has 1 aromatic heterocycles. The zero-order chi connectivity index (χ0) is 21.9. The minimum absolute atomic E-state index is 0.123. The van der Waals surface area contributed by atoms with Crippen LogP contribution in [0, 0.1) is 6.92 Å². The highest BCUT2D eigenvalue weighted by Gasteiger charge is 2.24. The predicted octanol–water partition coefficient (Wildman–Crippen LogP) is 2.33. The number of para-hydroxylation sites is 1. The molecule has 1 N–H and O–H groups in total. The fourth-order valence-corrected chi connectivity index (χ4v) is 4.42. The van der Waals surface area contributed by atoms with Gasteiger partial charge in [0.05, 0.1) is 38.2 Å². The first-order valence-corrected chi connectivity index (χ1v) is 11.2. The van der Waals surface area contributed by atoms with Crippen molar-refractivity contribution in [2.75, 3.05) is 26.2 Å². The van der Waals surface area contributed by atoms with Gasteiger partial charge in [-0.1, -0.05) is 53.7 Å². The minimum Gasteiger partial charge on any atom is -0.328 e. The van der Waals surface area contributed by atoms with Gasteiger partial charge in [-0.25, -0.2) is 4.68 Å². The lowest BCUT2D eigenvalue weighted by atomic mass is 10.1. The summed E-state index contributed by atoms with van der Waals surface area (Å²) in [4.78, 5) is 16.5. The zero-order valence-electron chi connectivity index (χ0n) is 18.4.